The number of carboxylic acids is 1. The van der Waals surface area contributed by atoms with Crippen LogP contribution >= 0.6 is 0 Å². The van der Waals surface area contributed by atoms with Crippen molar-refractivity contribution in [2.75, 3.05) is 7.11 Å². The normalized spacial score (nSPS) is 13.8. The Balaban J connectivity index is 3.19. The van der Waals surface area contributed by atoms with Gasteiger partial charge in [0.15, 0.2) is 6.10 Å². The lowest BCUT2D eigenvalue weighted by molar-refractivity contribution is -0.152. The van der Waals surface area contributed by atoms with Crippen molar-refractivity contribution >= 4 is 5.97 Å². The van der Waals surface area contributed by atoms with Gasteiger partial charge < -0.3 is 9.84 Å². The summed E-state index contributed by atoms with van der Waals surface area (Å²) in [5, 5.41) is 13.2. The molecule has 0 aromatic carbocycles. The number of hydrogen-bond donors (Lipinski definition) is 1. The van der Waals surface area contributed by atoms with Crippen LogP contribution in [0.3, 0.4) is 0 Å². The topological polar surface area (TPSA) is 64.3 Å². The highest BCUT2D eigenvalue weighted by atomic mass is 16.5. The highest BCUT2D eigenvalue weighted by Crippen LogP contribution is 2.31. The van der Waals surface area contributed by atoms with Crippen molar-refractivity contribution in [3.05, 3.63) is 17.5 Å². The summed E-state index contributed by atoms with van der Waals surface area (Å²) in [4.78, 5) is 11.1. The Labute approximate surface area is 95.0 Å². The number of nitrogens with zero attached hydrogens (tertiary/aromatic N) is 2. The van der Waals surface area contributed by atoms with Crippen LogP contribution in [0.4, 0.5) is 0 Å². The van der Waals surface area contributed by atoms with E-state index in [4.69, 9.17) is 9.84 Å². The van der Waals surface area contributed by atoms with Crippen LogP contribution in [-0.4, -0.2) is 34.1 Å². The number of methoxy groups -OCH3 is 1. The first-order valence-electron chi connectivity index (χ1n) is 5.07. The maximum atomic E-state index is 11.1. The minimum Gasteiger partial charge on any atom is -0.479 e. The minimum atomic E-state index is -0.962. The molecule has 0 saturated heterocycles. The van der Waals surface area contributed by atoms with E-state index in [0.717, 1.165) is 11.3 Å². The first kappa shape index (κ1) is 12.7. The highest BCUT2D eigenvalue weighted by Gasteiger charge is 2.39. The molecule has 0 aliphatic heterocycles. The maximum absolute atomic E-state index is 11.1. The van der Waals surface area contributed by atoms with E-state index in [2.05, 4.69) is 5.10 Å². The molecule has 0 amide bonds. The zero-order valence-electron chi connectivity index (χ0n) is 10.3. The molecule has 0 fully saturated rings. The molecule has 1 aromatic heterocycles. The number of aromatic nitrogens is 2. The van der Waals surface area contributed by atoms with Gasteiger partial charge in [0.2, 0.25) is 0 Å². The molecule has 16 heavy (non-hydrogen) atoms. The zero-order chi connectivity index (χ0) is 12.5. The number of aliphatic carboxylic acids is 1. The van der Waals surface area contributed by atoms with Crippen LogP contribution in [0.15, 0.2) is 6.20 Å². The predicted octanol–water partition coefficient (Wildman–Crippen LogP) is 1.11. The van der Waals surface area contributed by atoms with E-state index in [9.17, 15) is 4.79 Å². The standard InChI is InChI=1S/C11H18N2O3/c1-7-8(6-12-13(7)4)11(2,3)9(16-5)10(14)15/h6,9H,1-5H3,(H,14,15). The second-order valence-corrected chi connectivity index (χ2v) is 4.44. The quantitative estimate of drug-likeness (QED) is 0.835. The molecule has 1 atom stereocenters. The minimum absolute atomic E-state index is 0.612. The van der Waals surface area contributed by atoms with Gasteiger partial charge >= 0.3 is 5.97 Å². The Bertz CT molecular complexity index is 396. The molecule has 0 aliphatic rings. The Hall–Kier alpha value is -1.36. The van der Waals surface area contributed by atoms with Gasteiger partial charge in [0.1, 0.15) is 0 Å². The first-order valence-corrected chi connectivity index (χ1v) is 5.07. The van der Waals surface area contributed by atoms with Crippen LogP contribution < -0.4 is 0 Å². The number of carboxylic acid groups (broad SMARTS) is 1. The van der Waals surface area contributed by atoms with E-state index < -0.39 is 17.5 Å². The number of carbonyl (C=O) groups is 1. The van der Waals surface area contributed by atoms with E-state index in [1.54, 1.807) is 10.9 Å². The molecule has 1 rings (SSSR count). The average molecular weight is 226 g/mol. The van der Waals surface area contributed by atoms with Crippen molar-refractivity contribution in [3.8, 4) is 0 Å². The molecule has 1 N–H and O–H groups in total. The fraction of sp³-hybridized carbons (Fsp3) is 0.636. The Kier molecular flexibility index (Phi) is 3.38. The van der Waals surface area contributed by atoms with Gasteiger partial charge in [0.25, 0.3) is 0 Å². The molecule has 0 aliphatic carbocycles. The highest BCUT2D eigenvalue weighted by molar-refractivity contribution is 5.74. The van der Waals surface area contributed by atoms with E-state index in [1.807, 2.05) is 27.8 Å². The molecule has 1 heterocycles. The smallest absolute Gasteiger partial charge is 0.333 e. The Morgan fingerprint density at radius 3 is 2.50 bits per heavy atom. The van der Waals surface area contributed by atoms with Gasteiger partial charge in [0, 0.05) is 30.8 Å². The molecule has 0 saturated carbocycles. The molecule has 1 aromatic rings. The summed E-state index contributed by atoms with van der Waals surface area (Å²) in [6, 6.07) is 0. The van der Waals surface area contributed by atoms with Gasteiger partial charge in [-0.1, -0.05) is 13.8 Å². The van der Waals surface area contributed by atoms with Crippen LogP contribution in [0, 0.1) is 6.92 Å². The fourth-order valence-corrected chi connectivity index (χ4v) is 1.98. The Morgan fingerprint density at radius 1 is 1.62 bits per heavy atom. The summed E-state index contributed by atoms with van der Waals surface area (Å²) in [6.07, 6.45) is 0.819. The molecule has 0 spiro atoms. The summed E-state index contributed by atoms with van der Waals surface area (Å²) in [5.41, 5.74) is 1.23. The van der Waals surface area contributed by atoms with Gasteiger partial charge in [0.05, 0.1) is 6.20 Å². The fourth-order valence-electron chi connectivity index (χ4n) is 1.98. The van der Waals surface area contributed by atoms with Crippen molar-refractivity contribution in [3.63, 3.8) is 0 Å². The lowest BCUT2D eigenvalue weighted by atomic mass is 9.79. The van der Waals surface area contributed by atoms with Gasteiger partial charge in [-0.2, -0.15) is 5.10 Å². The van der Waals surface area contributed by atoms with Gasteiger partial charge in [-0.15, -0.1) is 0 Å². The molecule has 0 radical (unpaired) electrons. The predicted molar refractivity (Wildman–Crippen MR) is 59.4 cm³/mol. The second-order valence-electron chi connectivity index (χ2n) is 4.44. The molecule has 0 bridgehead atoms. The Morgan fingerprint density at radius 2 is 2.19 bits per heavy atom. The number of rotatable bonds is 4. The van der Waals surface area contributed by atoms with Crippen molar-refractivity contribution < 1.29 is 14.6 Å². The third-order valence-corrected chi connectivity index (χ3v) is 3.04. The summed E-state index contributed by atoms with van der Waals surface area (Å²) >= 11 is 0. The van der Waals surface area contributed by atoms with Crippen molar-refractivity contribution in [2.24, 2.45) is 7.05 Å². The monoisotopic (exact) mass is 226 g/mol. The van der Waals surface area contributed by atoms with Crippen LogP contribution in [-0.2, 0) is 22.0 Å². The van der Waals surface area contributed by atoms with E-state index >= 15 is 0 Å². The van der Waals surface area contributed by atoms with Crippen molar-refractivity contribution in [2.45, 2.75) is 32.3 Å². The molecular weight excluding hydrogens is 208 g/mol. The van der Waals surface area contributed by atoms with Crippen molar-refractivity contribution in [1.29, 1.82) is 0 Å². The number of aryl methyl sites for hydroxylation is 1. The largest absolute Gasteiger partial charge is 0.479 e. The number of hydrogen-bond acceptors (Lipinski definition) is 3. The van der Waals surface area contributed by atoms with Gasteiger partial charge in [-0.05, 0) is 6.92 Å². The molecular formula is C11H18N2O3. The molecule has 5 heteroatoms. The van der Waals surface area contributed by atoms with Gasteiger partial charge in [-0.3, -0.25) is 4.68 Å². The lowest BCUT2D eigenvalue weighted by Crippen LogP contribution is -2.41. The maximum Gasteiger partial charge on any atom is 0.333 e. The van der Waals surface area contributed by atoms with Crippen molar-refractivity contribution in [1.82, 2.24) is 9.78 Å². The summed E-state index contributed by atoms with van der Waals surface area (Å²) in [7, 11) is 3.24. The molecule has 90 valence electrons. The second kappa shape index (κ2) is 4.25. The summed E-state index contributed by atoms with van der Waals surface area (Å²) in [6.45, 7) is 5.61. The van der Waals surface area contributed by atoms with Crippen LogP contribution in [0.2, 0.25) is 0 Å². The number of ether oxygens (including phenoxy) is 1. The lowest BCUT2D eigenvalue weighted by Gasteiger charge is -2.30. The first-order chi connectivity index (χ1) is 7.32. The van der Waals surface area contributed by atoms with E-state index in [1.165, 1.54) is 7.11 Å². The van der Waals surface area contributed by atoms with E-state index in [0.29, 0.717) is 0 Å². The summed E-state index contributed by atoms with van der Waals surface area (Å²) < 4.78 is 6.79. The van der Waals surface area contributed by atoms with E-state index in [-0.39, 0.29) is 0 Å². The van der Waals surface area contributed by atoms with Crippen LogP contribution in [0.5, 0.6) is 0 Å². The third kappa shape index (κ3) is 1.95. The molecule has 5 nitrogen and oxygen atoms in total. The zero-order valence-corrected chi connectivity index (χ0v) is 10.3. The SMILES string of the molecule is COC(C(=O)O)C(C)(C)c1cnn(C)c1C. The van der Waals surface area contributed by atoms with Gasteiger partial charge in [-0.25, -0.2) is 4.79 Å². The van der Waals surface area contributed by atoms with Crippen LogP contribution in [0.1, 0.15) is 25.1 Å². The third-order valence-electron chi connectivity index (χ3n) is 3.04. The van der Waals surface area contributed by atoms with Crippen LogP contribution in [0.25, 0.3) is 0 Å². The summed E-state index contributed by atoms with van der Waals surface area (Å²) in [5.74, 6) is -0.962. The molecule has 1 unspecified atom stereocenters. The average Bonchev–Trinajstić information content (AvgIpc) is 2.47.